The third-order valence-electron chi connectivity index (χ3n) is 1.90. The van der Waals surface area contributed by atoms with Gasteiger partial charge in [0.25, 0.3) is 0 Å². The second kappa shape index (κ2) is 3.52. The van der Waals surface area contributed by atoms with Gasteiger partial charge in [-0.25, -0.2) is 0 Å². The summed E-state index contributed by atoms with van der Waals surface area (Å²) < 4.78 is 10.1. The number of ether oxygens (including phenoxy) is 1. The highest BCUT2D eigenvalue weighted by molar-refractivity contribution is 5.79. The molecule has 0 saturated carbocycles. The Balaban J connectivity index is 2.50. The number of furan rings is 1. The molecule has 0 spiro atoms. The monoisotopic (exact) mass is 186 g/mol. The van der Waals surface area contributed by atoms with Crippen LogP contribution in [0.25, 0.3) is 11.0 Å². The first-order chi connectivity index (χ1) is 6.83. The second-order valence-corrected chi connectivity index (χ2v) is 2.87. The summed E-state index contributed by atoms with van der Waals surface area (Å²) in [5.41, 5.74) is 1.67. The van der Waals surface area contributed by atoms with Gasteiger partial charge >= 0.3 is 0 Å². The molecule has 1 heterocycles. The Kier molecular flexibility index (Phi) is 2.21. The van der Waals surface area contributed by atoms with E-state index in [0.717, 1.165) is 16.5 Å². The minimum atomic E-state index is 0.328. The van der Waals surface area contributed by atoms with Crippen molar-refractivity contribution in [3.05, 3.63) is 42.2 Å². The van der Waals surface area contributed by atoms with Gasteiger partial charge in [0.05, 0.1) is 0 Å². The lowest BCUT2D eigenvalue weighted by Gasteiger charge is -1.96. The number of rotatable bonds is 2. The Morgan fingerprint density at radius 1 is 1.43 bits per heavy atom. The summed E-state index contributed by atoms with van der Waals surface area (Å²) in [4.78, 5) is 0. The quantitative estimate of drug-likeness (QED) is 0.723. The molecule has 0 aliphatic rings. The molecular weight excluding hydrogens is 178 g/mol. The van der Waals surface area contributed by atoms with E-state index in [1.807, 2.05) is 24.3 Å². The largest absolute Gasteiger partial charge is 0.446 e. The van der Waals surface area contributed by atoms with E-state index in [2.05, 4.69) is 0 Å². The Labute approximate surface area is 81.5 Å². The van der Waals surface area contributed by atoms with Crippen LogP contribution in [0.5, 0.6) is 0 Å². The maximum absolute atomic E-state index is 8.64. The summed E-state index contributed by atoms with van der Waals surface area (Å²) in [7, 11) is 1.60. The average Bonchev–Trinajstić information content (AvgIpc) is 2.60. The van der Waals surface area contributed by atoms with E-state index in [-0.39, 0.29) is 0 Å². The zero-order chi connectivity index (χ0) is 9.97. The fraction of sp³-hybridized carbons (Fsp3) is 0.0909. The zero-order valence-corrected chi connectivity index (χ0v) is 7.65. The number of hydrogen-bond donors (Lipinski definition) is 0. The van der Waals surface area contributed by atoms with Crippen LogP contribution in [0.1, 0.15) is 11.3 Å². The molecule has 0 aliphatic carbocycles. The van der Waals surface area contributed by atoms with E-state index in [4.69, 9.17) is 14.4 Å². The molecule has 0 amide bonds. The predicted molar refractivity (Wildman–Crippen MR) is 51.3 cm³/mol. The molecule has 2 rings (SSSR count). The number of nitriles is 1. The summed E-state index contributed by atoms with van der Waals surface area (Å²) in [6, 6.07) is 9.27. The van der Waals surface area contributed by atoms with E-state index in [9.17, 15) is 0 Å². The summed E-state index contributed by atoms with van der Waals surface area (Å²) >= 11 is 0. The van der Waals surface area contributed by atoms with Crippen LogP contribution in [0.4, 0.5) is 0 Å². The fourth-order valence-corrected chi connectivity index (χ4v) is 1.33. The lowest BCUT2D eigenvalue weighted by atomic mass is 10.2. The van der Waals surface area contributed by atoms with E-state index >= 15 is 0 Å². The van der Waals surface area contributed by atoms with Crippen LogP contribution in [0.3, 0.4) is 0 Å². The minimum absolute atomic E-state index is 0.328. The molecule has 0 atom stereocenters. The molecule has 69 valence electrons. The summed E-state index contributed by atoms with van der Waals surface area (Å²) in [6.07, 6.45) is 0. The zero-order valence-electron chi connectivity index (χ0n) is 7.65. The van der Waals surface area contributed by atoms with Gasteiger partial charge in [-0.05, 0) is 17.7 Å². The van der Waals surface area contributed by atoms with Gasteiger partial charge in [0.2, 0.25) is 5.76 Å². The lowest BCUT2D eigenvalue weighted by molar-refractivity contribution is 0.292. The Morgan fingerprint density at radius 2 is 2.29 bits per heavy atom. The van der Waals surface area contributed by atoms with Crippen LogP contribution >= 0.6 is 0 Å². The minimum Gasteiger partial charge on any atom is -0.446 e. The number of nitrogens with zero attached hydrogens (tertiary/aromatic N) is 1. The third kappa shape index (κ3) is 1.48. The van der Waals surface area contributed by atoms with Crippen molar-refractivity contribution < 1.29 is 9.15 Å². The molecule has 0 N–H and O–H groups in total. The molecule has 1 aromatic carbocycles. The van der Waals surface area contributed by atoms with Crippen LogP contribution < -0.4 is 0 Å². The van der Waals surface area contributed by atoms with Crippen molar-refractivity contribution in [3.63, 3.8) is 0 Å². The van der Waals surface area contributed by atoms with Gasteiger partial charge in [0, 0.05) is 18.6 Å². The van der Waals surface area contributed by atoms with Crippen molar-refractivity contribution in [2.24, 2.45) is 0 Å². The first-order valence-electron chi connectivity index (χ1n) is 4.13. The SMILES string of the molecule is CO[CH]c1ccc2oc(C#N)cc2c1. The van der Waals surface area contributed by atoms with Gasteiger partial charge in [-0.2, -0.15) is 5.26 Å². The normalized spacial score (nSPS) is 10.3. The molecule has 1 radical (unpaired) electrons. The fourth-order valence-electron chi connectivity index (χ4n) is 1.33. The first-order valence-corrected chi connectivity index (χ1v) is 4.13. The molecular formula is C11H8NO2. The van der Waals surface area contributed by atoms with Gasteiger partial charge < -0.3 is 9.15 Å². The third-order valence-corrected chi connectivity index (χ3v) is 1.90. The Bertz CT molecular complexity index is 493. The van der Waals surface area contributed by atoms with Crippen molar-refractivity contribution in [2.45, 2.75) is 0 Å². The van der Waals surface area contributed by atoms with Crippen molar-refractivity contribution in [1.29, 1.82) is 5.26 Å². The molecule has 3 nitrogen and oxygen atoms in total. The Hall–Kier alpha value is -1.79. The van der Waals surface area contributed by atoms with Crippen LogP contribution in [0.15, 0.2) is 28.7 Å². The first kappa shape index (κ1) is 8.79. The number of methoxy groups -OCH3 is 1. The highest BCUT2D eigenvalue weighted by Gasteiger charge is 2.03. The highest BCUT2D eigenvalue weighted by atomic mass is 16.5. The van der Waals surface area contributed by atoms with E-state index in [1.54, 1.807) is 19.8 Å². The molecule has 0 aliphatic heterocycles. The van der Waals surface area contributed by atoms with Crippen molar-refractivity contribution in [1.82, 2.24) is 0 Å². The molecule has 0 bridgehead atoms. The van der Waals surface area contributed by atoms with Gasteiger partial charge in [-0.15, -0.1) is 0 Å². The molecule has 0 saturated heterocycles. The number of fused-ring (bicyclic) bond motifs is 1. The predicted octanol–water partition coefficient (Wildman–Crippen LogP) is 2.46. The molecule has 14 heavy (non-hydrogen) atoms. The van der Waals surface area contributed by atoms with Crippen molar-refractivity contribution in [3.8, 4) is 6.07 Å². The molecule has 3 heteroatoms. The standard InChI is InChI=1S/C11H8NO2/c1-13-7-8-2-3-11-9(4-8)5-10(6-12)14-11/h2-5,7H,1H3. The summed E-state index contributed by atoms with van der Waals surface area (Å²) in [6.45, 7) is 1.64. The molecule has 1 aromatic heterocycles. The van der Waals surface area contributed by atoms with E-state index in [0.29, 0.717) is 5.76 Å². The summed E-state index contributed by atoms with van der Waals surface area (Å²) in [5, 5.41) is 9.54. The van der Waals surface area contributed by atoms with Crippen LogP contribution in [0.2, 0.25) is 0 Å². The Morgan fingerprint density at radius 3 is 3.00 bits per heavy atom. The van der Waals surface area contributed by atoms with E-state index < -0.39 is 0 Å². The van der Waals surface area contributed by atoms with Gasteiger partial charge in [-0.3, -0.25) is 0 Å². The van der Waals surface area contributed by atoms with E-state index in [1.165, 1.54) is 0 Å². The maximum atomic E-state index is 8.64. The summed E-state index contributed by atoms with van der Waals surface area (Å²) in [5.74, 6) is 0.328. The highest BCUT2D eigenvalue weighted by Crippen LogP contribution is 2.20. The van der Waals surface area contributed by atoms with Crippen LogP contribution in [0, 0.1) is 17.9 Å². The van der Waals surface area contributed by atoms with Gasteiger partial charge in [0.1, 0.15) is 18.3 Å². The lowest BCUT2D eigenvalue weighted by Crippen LogP contribution is -1.82. The van der Waals surface area contributed by atoms with Gasteiger partial charge in [-0.1, -0.05) is 6.07 Å². The van der Waals surface area contributed by atoms with Crippen molar-refractivity contribution in [2.75, 3.05) is 7.11 Å². The maximum Gasteiger partial charge on any atom is 0.204 e. The van der Waals surface area contributed by atoms with Gasteiger partial charge in [0.15, 0.2) is 0 Å². The van der Waals surface area contributed by atoms with Crippen LogP contribution in [-0.2, 0) is 4.74 Å². The number of hydrogen-bond acceptors (Lipinski definition) is 3. The second-order valence-electron chi connectivity index (χ2n) is 2.87. The van der Waals surface area contributed by atoms with Crippen LogP contribution in [-0.4, -0.2) is 7.11 Å². The molecule has 0 fully saturated rings. The smallest absolute Gasteiger partial charge is 0.204 e. The average molecular weight is 186 g/mol. The topological polar surface area (TPSA) is 46.2 Å². The number of benzene rings is 1. The molecule has 0 unspecified atom stereocenters. The van der Waals surface area contributed by atoms with Crippen molar-refractivity contribution >= 4 is 11.0 Å². The molecule has 2 aromatic rings.